The number of rotatable bonds is 4. The summed E-state index contributed by atoms with van der Waals surface area (Å²) in [4.78, 5) is 21.4. The van der Waals surface area contributed by atoms with E-state index in [1.807, 2.05) is 0 Å². The Kier molecular flexibility index (Phi) is 3.77. The number of nitro benzene ring substituents is 1. The zero-order valence-electron chi connectivity index (χ0n) is 8.80. The quantitative estimate of drug-likeness (QED) is 0.338. The molecule has 0 saturated carbocycles. The van der Waals surface area contributed by atoms with Crippen molar-refractivity contribution in [2.24, 2.45) is 0 Å². The van der Waals surface area contributed by atoms with Crippen LogP contribution in [0.2, 0.25) is 0 Å². The molecule has 84 valence electrons. The van der Waals surface area contributed by atoms with Crippen LogP contribution in [-0.4, -0.2) is 17.5 Å². The normalized spacial score (nSPS) is 9.56. The predicted octanol–water partition coefficient (Wildman–Crippen LogP) is 2.33. The third kappa shape index (κ3) is 3.20. The van der Waals surface area contributed by atoms with E-state index in [1.54, 1.807) is 6.92 Å². The van der Waals surface area contributed by atoms with Gasteiger partial charge in [-0.15, -0.1) is 0 Å². The SMILES string of the molecule is C=C(C)COC(=O)c1cccc([N+](=O)[O-])c1. The van der Waals surface area contributed by atoms with Crippen LogP contribution in [0.5, 0.6) is 0 Å². The number of ether oxygens (including phenoxy) is 1. The Morgan fingerprint density at radius 3 is 2.81 bits per heavy atom. The smallest absolute Gasteiger partial charge is 0.338 e. The summed E-state index contributed by atoms with van der Waals surface area (Å²) in [5, 5.41) is 10.5. The molecule has 0 bridgehead atoms. The summed E-state index contributed by atoms with van der Waals surface area (Å²) in [7, 11) is 0. The Labute approximate surface area is 92.5 Å². The Balaban J connectivity index is 2.79. The second-order valence-corrected chi connectivity index (χ2v) is 3.34. The first-order chi connectivity index (χ1) is 7.50. The maximum absolute atomic E-state index is 11.4. The van der Waals surface area contributed by atoms with Crippen LogP contribution in [0.1, 0.15) is 17.3 Å². The lowest BCUT2D eigenvalue weighted by molar-refractivity contribution is -0.384. The van der Waals surface area contributed by atoms with Gasteiger partial charge in [-0.2, -0.15) is 0 Å². The van der Waals surface area contributed by atoms with Gasteiger partial charge < -0.3 is 4.74 Å². The van der Waals surface area contributed by atoms with Crippen molar-refractivity contribution >= 4 is 11.7 Å². The molecule has 0 fully saturated rings. The third-order valence-electron chi connectivity index (χ3n) is 1.74. The lowest BCUT2D eigenvalue weighted by Gasteiger charge is -2.03. The van der Waals surface area contributed by atoms with Crippen LogP contribution in [0.3, 0.4) is 0 Å². The Bertz CT molecular complexity index is 439. The van der Waals surface area contributed by atoms with Gasteiger partial charge in [-0.25, -0.2) is 4.79 Å². The fraction of sp³-hybridized carbons (Fsp3) is 0.182. The molecule has 1 aromatic carbocycles. The number of carbonyl (C=O) groups excluding carboxylic acids is 1. The van der Waals surface area contributed by atoms with Gasteiger partial charge >= 0.3 is 5.97 Å². The second kappa shape index (κ2) is 5.06. The highest BCUT2D eigenvalue weighted by Gasteiger charge is 2.12. The lowest BCUT2D eigenvalue weighted by Crippen LogP contribution is -2.07. The Hall–Kier alpha value is -2.17. The van der Waals surface area contributed by atoms with Crippen molar-refractivity contribution in [3.8, 4) is 0 Å². The molecule has 0 atom stereocenters. The largest absolute Gasteiger partial charge is 0.458 e. The molecule has 1 aromatic rings. The van der Waals surface area contributed by atoms with E-state index >= 15 is 0 Å². The number of hydrogen-bond donors (Lipinski definition) is 0. The van der Waals surface area contributed by atoms with E-state index < -0.39 is 10.9 Å². The van der Waals surface area contributed by atoms with Crippen LogP contribution in [0, 0.1) is 10.1 Å². The molecular formula is C11H11NO4. The summed E-state index contributed by atoms with van der Waals surface area (Å²) in [6, 6.07) is 5.40. The van der Waals surface area contributed by atoms with Gasteiger partial charge in [0.1, 0.15) is 6.61 Å². The molecule has 0 aliphatic rings. The van der Waals surface area contributed by atoms with Crippen molar-refractivity contribution < 1.29 is 14.5 Å². The molecule has 0 unspecified atom stereocenters. The van der Waals surface area contributed by atoms with Crippen LogP contribution in [0.15, 0.2) is 36.4 Å². The Morgan fingerprint density at radius 2 is 2.25 bits per heavy atom. The maximum Gasteiger partial charge on any atom is 0.338 e. The molecule has 0 aliphatic carbocycles. The molecule has 1 rings (SSSR count). The molecule has 0 heterocycles. The standard InChI is InChI=1S/C11H11NO4/c1-8(2)7-16-11(13)9-4-3-5-10(6-9)12(14)15/h3-6H,1,7H2,2H3. The summed E-state index contributed by atoms with van der Waals surface area (Å²) in [5.41, 5.74) is 0.735. The van der Waals surface area contributed by atoms with Gasteiger partial charge in [0.15, 0.2) is 0 Å². The van der Waals surface area contributed by atoms with Crippen molar-refractivity contribution in [3.63, 3.8) is 0 Å². The fourth-order valence-electron chi connectivity index (χ4n) is 1.02. The van der Waals surface area contributed by atoms with Crippen LogP contribution < -0.4 is 0 Å². The maximum atomic E-state index is 11.4. The van der Waals surface area contributed by atoms with Gasteiger partial charge in [-0.3, -0.25) is 10.1 Å². The van der Waals surface area contributed by atoms with E-state index in [0.717, 1.165) is 0 Å². The zero-order valence-corrected chi connectivity index (χ0v) is 8.80. The first-order valence-corrected chi connectivity index (χ1v) is 4.56. The summed E-state index contributed by atoms with van der Waals surface area (Å²) in [6.45, 7) is 5.42. The van der Waals surface area contributed by atoms with Crippen molar-refractivity contribution in [2.45, 2.75) is 6.92 Å². The summed E-state index contributed by atoms with van der Waals surface area (Å²) < 4.78 is 4.86. The van der Waals surface area contributed by atoms with Gasteiger partial charge in [0, 0.05) is 12.1 Å². The number of carbonyl (C=O) groups is 1. The Morgan fingerprint density at radius 1 is 1.56 bits per heavy atom. The second-order valence-electron chi connectivity index (χ2n) is 3.34. The molecule has 0 saturated heterocycles. The number of nitrogens with zero attached hydrogens (tertiary/aromatic N) is 1. The number of nitro groups is 1. The highest BCUT2D eigenvalue weighted by atomic mass is 16.6. The minimum absolute atomic E-state index is 0.113. The first-order valence-electron chi connectivity index (χ1n) is 4.56. The molecule has 0 aliphatic heterocycles. The summed E-state index contributed by atoms with van der Waals surface area (Å²) >= 11 is 0. The number of esters is 1. The number of benzene rings is 1. The minimum atomic E-state index is -0.591. The van der Waals surface area contributed by atoms with Crippen LogP contribution >= 0.6 is 0 Å². The highest BCUT2D eigenvalue weighted by Crippen LogP contribution is 2.13. The first kappa shape index (κ1) is 11.9. The zero-order chi connectivity index (χ0) is 12.1. The molecule has 5 nitrogen and oxygen atoms in total. The number of hydrogen-bond acceptors (Lipinski definition) is 4. The van der Waals surface area contributed by atoms with Crippen LogP contribution in [0.4, 0.5) is 5.69 Å². The van der Waals surface area contributed by atoms with E-state index in [0.29, 0.717) is 5.57 Å². The molecule has 0 radical (unpaired) electrons. The molecule has 0 spiro atoms. The fourth-order valence-corrected chi connectivity index (χ4v) is 1.02. The van der Waals surface area contributed by atoms with Gasteiger partial charge in [-0.1, -0.05) is 12.6 Å². The summed E-state index contributed by atoms with van der Waals surface area (Å²) in [5.74, 6) is -0.591. The van der Waals surface area contributed by atoms with E-state index in [1.165, 1.54) is 24.3 Å². The molecular weight excluding hydrogens is 210 g/mol. The molecule has 0 N–H and O–H groups in total. The van der Waals surface area contributed by atoms with E-state index in [9.17, 15) is 14.9 Å². The van der Waals surface area contributed by atoms with E-state index in [-0.39, 0.29) is 17.9 Å². The lowest BCUT2D eigenvalue weighted by atomic mass is 10.2. The van der Waals surface area contributed by atoms with Gasteiger partial charge in [0.05, 0.1) is 10.5 Å². The predicted molar refractivity (Wildman–Crippen MR) is 58.2 cm³/mol. The molecule has 0 aromatic heterocycles. The molecule has 5 heteroatoms. The van der Waals surface area contributed by atoms with Gasteiger partial charge in [0.25, 0.3) is 5.69 Å². The van der Waals surface area contributed by atoms with E-state index in [4.69, 9.17) is 4.74 Å². The summed E-state index contributed by atoms with van der Waals surface area (Å²) in [6.07, 6.45) is 0. The topological polar surface area (TPSA) is 69.4 Å². The third-order valence-corrected chi connectivity index (χ3v) is 1.74. The average Bonchev–Trinajstić information content (AvgIpc) is 2.26. The van der Waals surface area contributed by atoms with Crippen molar-refractivity contribution in [3.05, 3.63) is 52.1 Å². The van der Waals surface area contributed by atoms with Crippen LogP contribution in [-0.2, 0) is 4.74 Å². The van der Waals surface area contributed by atoms with Crippen molar-refractivity contribution in [2.75, 3.05) is 6.61 Å². The minimum Gasteiger partial charge on any atom is -0.458 e. The average molecular weight is 221 g/mol. The van der Waals surface area contributed by atoms with Gasteiger partial charge in [-0.05, 0) is 18.6 Å². The molecule has 16 heavy (non-hydrogen) atoms. The van der Waals surface area contributed by atoms with E-state index in [2.05, 4.69) is 6.58 Å². The van der Waals surface area contributed by atoms with Gasteiger partial charge in [0.2, 0.25) is 0 Å². The van der Waals surface area contributed by atoms with Crippen molar-refractivity contribution in [1.29, 1.82) is 0 Å². The molecule has 0 amide bonds. The number of non-ortho nitro benzene ring substituents is 1. The van der Waals surface area contributed by atoms with Crippen molar-refractivity contribution in [1.82, 2.24) is 0 Å². The van der Waals surface area contributed by atoms with Crippen LogP contribution in [0.25, 0.3) is 0 Å². The monoisotopic (exact) mass is 221 g/mol. The highest BCUT2D eigenvalue weighted by molar-refractivity contribution is 5.90.